The minimum atomic E-state index is -8.78. The normalized spacial score (nSPS) is 16.5. The molecule has 0 saturated heterocycles. The molecule has 0 aromatic carbocycles. The van der Waals surface area contributed by atoms with Gasteiger partial charge >= 0.3 is 53.6 Å². The van der Waals surface area contributed by atoms with Crippen molar-refractivity contribution in [3.05, 3.63) is 11.1 Å². The Morgan fingerprint density at radius 2 is 1.07 bits per heavy atom. The predicted molar refractivity (Wildman–Crippen MR) is 97.5 cm³/mol. The first-order chi connectivity index (χ1) is 17.5. The van der Waals surface area contributed by atoms with Crippen LogP contribution in [0.2, 0.25) is 0 Å². The molecule has 0 aromatic heterocycles. The second kappa shape index (κ2) is 11.8. The lowest BCUT2D eigenvalue weighted by atomic mass is 9.84. The number of hydrogen-bond donors (Lipinski definition) is 2. The molecular weight excluding hydrogens is 637 g/mol. The molecule has 0 radical (unpaired) electrons. The minimum absolute atomic E-state index is 0.320. The number of hydrogen-bond acceptors (Lipinski definition) is 3. The van der Waals surface area contributed by atoms with Gasteiger partial charge in [-0.25, -0.2) is 9.00 Å². The zero-order valence-electron chi connectivity index (χ0n) is 19.3. The van der Waals surface area contributed by atoms with Crippen molar-refractivity contribution in [2.75, 3.05) is 0 Å². The van der Waals surface area contributed by atoms with Gasteiger partial charge in [-0.15, -0.1) is 0 Å². The number of carbonyl (C=O) groups is 1. The number of nitrogens with one attached hydrogen (secondary N) is 1. The third-order valence-electron chi connectivity index (χ3n) is 5.05. The highest BCUT2D eigenvalue weighted by Crippen LogP contribution is 2.64. The van der Waals surface area contributed by atoms with E-state index in [9.17, 15) is 83.6 Å². The van der Waals surface area contributed by atoms with Crippen LogP contribution >= 0.6 is 0 Å². The molecule has 1 unspecified atom stereocenters. The van der Waals surface area contributed by atoms with Crippen molar-refractivity contribution in [3.63, 3.8) is 0 Å². The fraction of sp³-hybridized carbons (Fsp3) is 0.824. The van der Waals surface area contributed by atoms with E-state index in [0.29, 0.717) is 6.92 Å². The maximum atomic E-state index is 14.8. The fourth-order valence-electron chi connectivity index (χ4n) is 2.82. The molecule has 23 heteroatoms. The summed E-state index contributed by atoms with van der Waals surface area (Å²) in [6.07, 6.45) is -11.9. The summed E-state index contributed by atoms with van der Waals surface area (Å²) in [5.74, 6) is -60.3. The fourth-order valence-corrected chi connectivity index (χ4v) is 2.97. The third-order valence-corrected chi connectivity index (χ3v) is 5.28. The summed E-state index contributed by atoms with van der Waals surface area (Å²) >= 11 is -3.29. The number of rotatable bonds is 14. The van der Waals surface area contributed by atoms with Gasteiger partial charge in [0.1, 0.15) is 0 Å². The summed E-state index contributed by atoms with van der Waals surface area (Å²) in [4.78, 5) is 16.5. The van der Waals surface area contributed by atoms with Crippen molar-refractivity contribution in [2.45, 2.75) is 87.2 Å². The Bertz CT molecular complexity index is 977. The molecule has 0 rings (SSSR count). The second-order valence-electron chi connectivity index (χ2n) is 7.65. The summed E-state index contributed by atoms with van der Waals surface area (Å²) in [5, 5.41) is 0. The van der Waals surface area contributed by atoms with Crippen molar-refractivity contribution < 1.29 is 93.0 Å². The van der Waals surface area contributed by atoms with Crippen molar-refractivity contribution in [1.82, 2.24) is 4.89 Å². The Morgan fingerprint density at radius 3 is 1.40 bits per heavy atom. The van der Waals surface area contributed by atoms with E-state index >= 15 is 0 Å². The van der Waals surface area contributed by atoms with Gasteiger partial charge in [-0.05, 0) is 24.1 Å². The number of halogens is 17. The van der Waals surface area contributed by atoms with Crippen LogP contribution < -0.4 is 4.89 Å². The van der Waals surface area contributed by atoms with Crippen molar-refractivity contribution in [2.24, 2.45) is 0 Å². The zero-order chi connectivity index (χ0) is 32.6. The molecule has 238 valence electrons. The van der Waals surface area contributed by atoms with Gasteiger partial charge in [0.25, 0.3) is 11.3 Å². The Labute approximate surface area is 214 Å². The molecule has 0 heterocycles. The molecule has 0 fully saturated rings. The molecule has 2 N–H and O–H groups in total. The van der Waals surface area contributed by atoms with Gasteiger partial charge in [0.05, 0.1) is 0 Å². The van der Waals surface area contributed by atoms with Crippen LogP contribution in [0.3, 0.4) is 0 Å². The minimum Gasteiger partial charge on any atom is -0.352 e. The van der Waals surface area contributed by atoms with Crippen molar-refractivity contribution in [1.29, 1.82) is 0 Å². The van der Waals surface area contributed by atoms with E-state index in [0.717, 1.165) is 11.8 Å². The first kappa shape index (κ1) is 38.1. The largest absolute Gasteiger partial charge is 0.460 e. The lowest BCUT2D eigenvalue weighted by Crippen LogP contribution is -2.74. The first-order valence-electron chi connectivity index (χ1n) is 10.00. The van der Waals surface area contributed by atoms with E-state index in [1.54, 1.807) is 0 Å². The van der Waals surface area contributed by atoms with Crippen LogP contribution in [-0.2, 0) is 20.9 Å². The maximum absolute atomic E-state index is 14.8. The predicted octanol–water partition coefficient (Wildman–Crippen LogP) is 7.08. The first-order valence-corrected chi connectivity index (χ1v) is 11.1. The molecule has 0 amide bonds. The molecule has 5 nitrogen and oxygen atoms in total. The van der Waals surface area contributed by atoms with Crippen LogP contribution in [0.5, 0.6) is 0 Å². The lowest BCUT2D eigenvalue weighted by Gasteiger charge is -2.43. The van der Waals surface area contributed by atoms with Gasteiger partial charge in [0.15, 0.2) is 0 Å². The molecule has 40 heavy (non-hydrogen) atoms. The zero-order valence-corrected chi connectivity index (χ0v) is 20.2. The Hall–Kier alpha value is -1.91. The van der Waals surface area contributed by atoms with Gasteiger partial charge in [0.2, 0.25) is 0 Å². The number of carbonyl (C=O) groups excluding carboxylic acids is 1. The lowest BCUT2D eigenvalue weighted by molar-refractivity contribution is -0.460. The van der Waals surface area contributed by atoms with Crippen LogP contribution in [0.15, 0.2) is 11.1 Å². The summed E-state index contributed by atoms with van der Waals surface area (Å²) in [7, 11) is 0. The molecule has 0 aliphatic carbocycles. The SMILES string of the molecule is CCCCC(=C(CC)C(=O)ONS(=O)O)C(F)(F)C(F)(F)C(F)(F)C(F)(F)C(F)(F)C(F)(F)C(F)(F)C(F)(F)F. The van der Waals surface area contributed by atoms with Crippen LogP contribution in [0, 0.1) is 0 Å². The van der Waals surface area contributed by atoms with Crippen molar-refractivity contribution in [3.8, 4) is 0 Å². The third kappa shape index (κ3) is 6.00. The molecule has 0 bridgehead atoms. The molecule has 0 saturated carbocycles. The highest BCUT2D eigenvalue weighted by atomic mass is 32.2. The smallest absolute Gasteiger partial charge is 0.352 e. The van der Waals surface area contributed by atoms with E-state index in [1.807, 2.05) is 0 Å². The van der Waals surface area contributed by atoms with Gasteiger partial charge in [0, 0.05) is 11.1 Å². The monoisotopic (exact) mass is 653 g/mol. The molecule has 1 atom stereocenters. The summed E-state index contributed by atoms with van der Waals surface area (Å²) < 4.78 is 250. The van der Waals surface area contributed by atoms with E-state index < -0.39 is 95.3 Å². The van der Waals surface area contributed by atoms with E-state index in [4.69, 9.17) is 4.55 Å². The van der Waals surface area contributed by atoms with Crippen LogP contribution in [0.1, 0.15) is 39.5 Å². The average molecular weight is 653 g/mol. The van der Waals surface area contributed by atoms with Gasteiger partial charge < -0.3 is 4.84 Å². The standard InChI is InChI=1S/C17H16F17NO4S/c1-3-5-6-8(7(4-2)9(36)39-35-40(37)38)10(18,19)11(20,21)12(22,23)13(24,25)14(26,27)15(28,29)16(30,31)17(32,33)34/h35H,3-6H2,1-2H3,(H,37,38). The van der Waals surface area contributed by atoms with Crippen molar-refractivity contribution >= 4 is 17.2 Å². The van der Waals surface area contributed by atoms with E-state index in [2.05, 4.69) is 4.84 Å². The summed E-state index contributed by atoms with van der Waals surface area (Å²) in [5.41, 5.74) is -4.40. The Balaban J connectivity index is 7.29. The number of alkyl halides is 17. The Kier molecular flexibility index (Phi) is 11.2. The average Bonchev–Trinajstić information content (AvgIpc) is 2.78. The van der Waals surface area contributed by atoms with E-state index in [-0.39, 0.29) is 6.42 Å². The van der Waals surface area contributed by atoms with Gasteiger partial charge in [-0.2, -0.15) is 74.6 Å². The molecule has 0 aliphatic rings. The van der Waals surface area contributed by atoms with Crippen LogP contribution in [0.25, 0.3) is 0 Å². The second-order valence-corrected chi connectivity index (χ2v) is 8.32. The highest BCUT2D eigenvalue weighted by molar-refractivity contribution is 7.76. The van der Waals surface area contributed by atoms with Crippen LogP contribution in [0.4, 0.5) is 74.6 Å². The molecular formula is C17H16F17NO4S. The molecule has 0 spiro atoms. The number of unbranched alkanes of at least 4 members (excludes halogenated alkanes) is 1. The quantitative estimate of drug-likeness (QED) is 0.0911. The summed E-state index contributed by atoms with van der Waals surface area (Å²) in [6, 6.07) is 0. The van der Waals surface area contributed by atoms with Gasteiger partial charge in [-0.1, -0.05) is 20.3 Å². The van der Waals surface area contributed by atoms with Gasteiger partial charge in [-0.3, -0.25) is 4.55 Å². The van der Waals surface area contributed by atoms with E-state index in [1.165, 1.54) is 0 Å². The Morgan fingerprint density at radius 1 is 0.700 bits per heavy atom. The molecule has 0 aromatic rings. The topological polar surface area (TPSA) is 75.6 Å². The summed E-state index contributed by atoms with van der Waals surface area (Å²) in [6.45, 7) is 1.74. The number of allylic oxidation sites excluding steroid dienone is 1. The molecule has 0 aliphatic heterocycles. The highest BCUT2D eigenvalue weighted by Gasteiger charge is 2.95. The maximum Gasteiger partial charge on any atom is 0.460 e. The van der Waals surface area contributed by atoms with Crippen LogP contribution in [-0.4, -0.2) is 62.4 Å².